The molecule has 0 unspecified atom stereocenters. The highest BCUT2D eigenvalue weighted by molar-refractivity contribution is 7.92. The third kappa shape index (κ3) is 8.11. The van der Waals surface area contributed by atoms with Crippen LogP contribution in [0.15, 0.2) is 71.6 Å². The van der Waals surface area contributed by atoms with Gasteiger partial charge in [-0.1, -0.05) is 66.6 Å². The lowest BCUT2D eigenvalue weighted by Gasteiger charge is -2.35. The van der Waals surface area contributed by atoms with Crippen molar-refractivity contribution in [2.24, 2.45) is 0 Å². The van der Waals surface area contributed by atoms with Gasteiger partial charge in [-0.25, -0.2) is 8.42 Å². The van der Waals surface area contributed by atoms with Crippen LogP contribution in [0.1, 0.15) is 56.4 Å². The molecule has 0 saturated carbocycles. The Morgan fingerprint density at radius 3 is 2.15 bits per heavy atom. The Labute approximate surface area is 249 Å². The minimum Gasteiger partial charge on any atom is -0.350 e. The second kappa shape index (κ2) is 13.1. The summed E-state index contributed by atoms with van der Waals surface area (Å²) in [4.78, 5) is 29.3. The first-order chi connectivity index (χ1) is 19.1. The van der Waals surface area contributed by atoms with Crippen molar-refractivity contribution < 1.29 is 18.0 Å². The van der Waals surface area contributed by atoms with E-state index in [0.29, 0.717) is 22.7 Å². The van der Waals surface area contributed by atoms with E-state index in [1.807, 2.05) is 65.8 Å². The number of nitrogens with zero attached hydrogens (tertiary/aromatic N) is 2. The number of hydrogen-bond donors (Lipinski definition) is 1. The van der Waals surface area contributed by atoms with E-state index in [2.05, 4.69) is 5.32 Å². The van der Waals surface area contributed by atoms with Gasteiger partial charge in [0.2, 0.25) is 11.8 Å². The van der Waals surface area contributed by atoms with Gasteiger partial charge in [-0.3, -0.25) is 13.9 Å². The average Bonchev–Trinajstić information content (AvgIpc) is 2.88. The Morgan fingerprint density at radius 1 is 0.927 bits per heavy atom. The number of nitrogens with one attached hydrogen (secondary N) is 1. The summed E-state index contributed by atoms with van der Waals surface area (Å²) in [5.74, 6) is -0.798. The molecule has 3 aromatic rings. The fraction of sp³-hybridized carbons (Fsp3) is 0.375. The zero-order valence-corrected chi connectivity index (χ0v) is 26.4. The Balaban J connectivity index is 2.13. The Kier molecular flexibility index (Phi) is 10.3. The van der Waals surface area contributed by atoms with Crippen LogP contribution in [0.5, 0.6) is 0 Å². The maximum Gasteiger partial charge on any atom is 0.264 e. The molecule has 1 N–H and O–H groups in total. The molecule has 9 heteroatoms. The number of carbonyl (C=O) groups excluding carboxylic acids is 2. The van der Waals surface area contributed by atoms with E-state index in [9.17, 15) is 18.0 Å². The van der Waals surface area contributed by atoms with Crippen molar-refractivity contribution in [3.63, 3.8) is 0 Å². The number of amides is 2. The molecule has 2 amide bonds. The smallest absolute Gasteiger partial charge is 0.264 e. The molecule has 7 nitrogen and oxygen atoms in total. The number of rotatable bonds is 10. The van der Waals surface area contributed by atoms with Gasteiger partial charge in [-0.15, -0.1) is 0 Å². The van der Waals surface area contributed by atoms with E-state index >= 15 is 0 Å². The number of anilines is 1. The third-order valence-corrected chi connectivity index (χ3v) is 8.82. The summed E-state index contributed by atoms with van der Waals surface area (Å²) >= 11 is 6.31. The topological polar surface area (TPSA) is 86.8 Å². The molecule has 0 radical (unpaired) electrons. The van der Waals surface area contributed by atoms with Crippen molar-refractivity contribution in [3.8, 4) is 0 Å². The molecule has 0 fully saturated rings. The van der Waals surface area contributed by atoms with Gasteiger partial charge in [-0.05, 0) is 88.9 Å². The zero-order valence-electron chi connectivity index (χ0n) is 24.9. The van der Waals surface area contributed by atoms with Gasteiger partial charge in [0.1, 0.15) is 12.6 Å². The first-order valence-corrected chi connectivity index (χ1v) is 15.5. The molecule has 0 saturated heterocycles. The Hall–Kier alpha value is -3.36. The molecule has 0 aliphatic rings. The van der Waals surface area contributed by atoms with Crippen LogP contribution in [0.4, 0.5) is 5.69 Å². The minimum absolute atomic E-state index is 0.0539. The third-order valence-electron chi connectivity index (χ3n) is 6.81. The summed E-state index contributed by atoms with van der Waals surface area (Å²) in [5.41, 5.74) is 3.17. The van der Waals surface area contributed by atoms with Crippen molar-refractivity contribution in [2.75, 3.05) is 10.8 Å². The van der Waals surface area contributed by atoms with Crippen LogP contribution in [0.3, 0.4) is 0 Å². The highest BCUT2D eigenvalue weighted by Gasteiger charge is 2.35. The quantitative estimate of drug-likeness (QED) is 0.302. The van der Waals surface area contributed by atoms with Gasteiger partial charge in [0.15, 0.2) is 0 Å². The first kappa shape index (κ1) is 32.2. The monoisotopic (exact) mass is 597 g/mol. The average molecular weight is 598 g/mol. The van der Waals surface area contributed by atoms with Gasteiger partial charge in [0.05, 0.1) is 10.6 Å². The Bertz CT molecular complexity index is 1500. The van der Waals surface area contributed by atoms with Crippen molar-refractivity contribution in [1.82, 2.24) is 10.2 Å². The molecule has 41 heavy (non-hydrogen) atoms. The van der Waals surface area contributed by atoms with Crippen LogP contribution < -0.4 is 9.62 Å². The molecule has 220 valence electrons. The van der Waals surface area contributed by atoms with Gasteiger partial charge in [0, 0.05) is 17.1 Å². The summed E-state index contributed by atoms with van der Waals surface area (Å²) in [6, 6.07) is 18.2. The van der Waals surface area contributed by atoms with Crippen molar-refractivity contribution in [3.05, 3.63) is 94.0 Å². The number of sulfonamides is 1. The molecule has 1 atom stereocenters. The summed E-state index contributed by atoms with van der Waals surface area (Å²) in [7, 11) is -4.17. The number of aryl methyl sites for hydroxylation is 3. The van der Waals surface area contributed by atoms with Crippen LogP contribution in [-0.2, 0) is 26.2 Å². The maximum atomic E-state index is 14.2. The fourth-order valence-corrected chi connectivity index (χ4v) is 6.18. The summed E-state index contributed by atoms with van der Waals surface area (Å²) in [5, 5.41) is 3.33. The van der Waals surface area contributed by atoms with E-state index in [4.69, 9.17) is 11.6 Å². The van der Waals surface area contributed by atoms with Gasteiger partial charge in [0.25, 0.3) is 10.0 Å². The van der Waals surface area contributed by atoms with Gasteiger partial charge in [-0.2, -0.15) is 0 Å². The molecule has 3 rings (SSSR count). The summed E-state index contributed by atoms with van der Waals surface area (Å²) in [6.07, 6.45) is 0.348. The first-order valence-electron chi connectivity index (χ1n) is 13.7. The van der Waals surface area contributed by atoms with Crippen LogP contribution in [0.2, 0.25) is 5.02 Å². The number of benzene rings is 3. The second-order valence-corrected chi connectivity index (χ2v) is 13.7. The van der Waals surface area contributed by atoms with E-state index < -0.39 is 34.1 Å². The van der Waals surface area contributed by atoms with E-state index in [-0.39, 0.29) is 17.3 Å². The van der Waals surface area contributed by atoms with E-state index in [0.717, 1.165) is 21.0 Å². The van der Waals surface area contributed by atoms with Crippen LogP contribution in [0.25, 0.3) is 0 Å². The predicted molar refractivity (Wildman–Crippen MR) is 166 cm³/mol. The number of halogens is 1. The molecule has 0 aliphatic carbocycles. The van der Waals surface area contributed by atoms with E-state index in [1.165, 1.54) is 17.0 Å². The van der Waals surface area contributed by atoms with Crippen LogP contribution in [0, 0.1) is 20.8 Å². The lowest BCUT2D eigenvalue weighted by molar-refractivity contribution is -0.141. The standard InChI is InChI=1S/C32H40ClN3O4S/c1-8-28(31(38)34-32(5,6)7)35(20-25-12-10-9-11-23(25)3)30(37)21-36(29-19-26(33)16-15-24(29)4)41(39,40)27-17-13-22(2)14-18-27/h9-19,28H,8,20-21H2,1-7H3,(H,34,38)/t28-/m0/s1. The molecule has 0 spiro atoms. The van der Waals surface area contributed by atoms with Crippen LogP contribution >= 0.6 is 11.6 Å². The largest absolute Gasteiger partial charge is 0.350 e. The van der Waals surface area contributed by atoms with Crippen molar-refractivity contribution >= 4 is 39.1 Å². The molecule has 0 aliphatic heterocycles. The predicted octanol–water partition coefficient (Wildman–Crippen LogP) is 6.18. The number of carbonyl (C=O) groups is 2. The molecule has 0 heterocycles. The van der Waals surface area contributed by atoms with Crippen molar-refractivity contribution in [1.29, 1.82) is 0 Å². The molecular formula is C32H40ClN3O4S. The van der Waals surface area contributed by atoms with Crippen molar-refractivity contribution in [2.45, 2.75) is 77.9 Å². The molecular weight excluding hydrogens is 558 g/mol. The molecule has 0 bridgehead atoms. The van der Waals surface area contributed by atoms with E-state index in [1.54, 1.807) is 37.3 Å². The second-order valence-electron chi connectivity index (χ2n) is 11.4. The lowest BCUT2D eigenvalue weighted by Crippen LogP contribution is -2.55. The van der Waals surface area contributed by atoms with Gasteiger partial charge >= 0.3 is 0 Å². The fourth-order valence-electron chi connectivity index (χ4n) is 4.55. The number of hydrogen-bond acceptors (Lipinski definition) is 4. The minimum atomic E-state index is -4.17. The summed E-state index contributed by atoms with van der Waals surface area (Å²) < 4.78 is 29.2. The maximum absolute atomic E-state index is 14.2. The van der Waals surface area contributed by atoms with Gasteiger partial charge < -0.3 is 10.2 Å². The Morgan fingerprint density at radius 2 is 1.56 bits per heavy atom. The highest BCUT2D eigenvalue weighted by atomic mass is 35.5. The SMILES string of the molecule is CC[C@@H](C(=O)NC(C)(C)C)N(Cc1ccccc1C)C(=O)CN(c1cc(Cl)ccc1C)S(=O)(=O)c1ccc(C)cc1. The molecule has 0 aromatic heterocycles. The lowest BCUT2D eigenvalue weighted by atomic mass is 10.0. The summed E-state index contributed by atoms with van der Waals surface area (Å²) in [6.45, 7) is 12.7. The van der Waals surface area contributed by atoms with Crippen LogP contribution in [-0.4, -0.2) is 43.3 Å². The zero-order chi connectivity index (χ0) is 30.5. The molecule has 3 aromatic carbocycles. The normalized spacial score (nSPS) is 12.5. The highest BCUT2D eigenvalue weighted by Crippen LogP contribution is 2.30.